The van der Waals surface area contributed by atoms with Gasteiger partial charge in [0.05, 0.1) is 12.2 Å². The number of ether oxygens (including phenoxy) is 1. The first-order valence-electron chi connectivity index (χ1n) is 8.39. The van der Waals surface area contributed by atoms with E-state index in [1.54, 1.807) is 23.1 Å². The van der Waals surface area contributed by atoms with Crippen LogP contribution in [-0.4, -0.2) is 53.3 Å². The highest BCUT2D eigenvalue weighted by Crippen LogP contribution is 2.19. The molecule has 0 spiro atoms. The Kier molecular flexibility index (Phi) is 5.77. The topological polar surface area (TPSA) is 97.6 Å². The van der Waals surface area contributed by atoms with Crippen molar-refractivity contribution in [1.82, 2.24) is 20.4 Å². The molecule has 0 atom stereocenters. The van der Waals surface area contributed by atoms with Gasteiger partial charge in [-0.15, -0.1) is 0 Å². The van der Waals surface area contributed by atoms with Gasteiger partial charge >= 0.3 is 6.09 Å². The van der Waals surface area contributed by atoms with Gasteiger partial charge in [-0.3, -0.25) is 4.79 Å². The normalized spacial score (nSPS) is 14.2. The summed E-state index contributed by atoms with van der Waals surface area (Å²) in [4.78, 5) is 29.0. The van der Waals surface area contributed by atoms with Crippen molar-refractivity contribution in [3.05, 3.63) is 36.0 Å². The van der Waals surface area contributed by atoms with Crippen LogP contribution < -0.4 is 5.32 Å². The van der Waals surface area contributed by atoms with Crippen LogP contribution in [0.5, 0.6) is 0 Å². The minimum Gasteiger partial charge on any atom is -0.449 e. The third kappa shape index (κ3) is 4.56. The van der Waals surface area contributed by atoms with Gasteiger partial charge in [-0.05, 0) is 18.6 Å². The van der Waals surface area contributed by atoms with E-state index in [0.717, 1.165) is 6.42 Å². The number of rotatable bonds is 7. The summed E-state index contributed by atoms with van der Waals surface area (Å²) in [5.41, 5.74) is 0.250. The predicted octanol–water partition coefficient (Wildman–Crippen LogP) is 1.77. The maximum absolute atomic E-state index is 13.7. The van der Waals surface area contributed by atoms with E-state index in [2.05, 4.69) is 15.5 Å². The molecule has 0 radical (unpaired) electrons. The Hall–Kier alpha value is -2.97. The van der Waals surface area contributed by atoms with Crippen LogP contribution in [0.3, 0.4) is 0 Å². The second-order valence-electron chi connectivity index (χ2n) is 5.80. The number of carbonyl (C=O) groups is 2. The molecular weight excluding hydrogens is 343 g/mol. The smallest absolute Gasteiger partial charge is 0.409 e. The van der Waals surface area contributed by atoms with Crippen molar-refractivity contribution >= 4 is 12.0 Å². The zero-order valence-electron chi connectivity index (χ0n) is 14.1. The summed E-state index contributed by atoms with van der Waals surface area (Å²) in [7, 11) is 0. The number of carbonyl (C=O) groups excluding carboxylic acids is 2. The molecule has 26 heavy (non-hydrogen) atoms. The maximum Gasteiger partial charge on any atom is 0.409 e. The molecule has 0 aliphatic carbocycles. The fraction of sp³-hybridized carbons (Fsp3) is 0.412. The molecule has 1 N–H and O–H groups in total. The molecule has 0 unspecified atom stereocenters. The summed E-state index contributed by atoms with van der Waals surface area (Å²) in [5.74, 6) is -0.213. The van der Waals surface area contributed by atoms with Gasteiger partial charge in [-0.2, -0.15) is 4.98 Å². The number of aromatic nitrogens is 2. The molecule has 138 valence electrons. The van der Waals surface area contributed by atoms with Crippen molar-refractivity contribution in [2.75, 3.05) is 26.2 Å². The number of amides is 2. The monoisotopic (exact) mass is 362 g/mol. The first-order chi connectivity index (χ1) is 12.6. The van der Waals surface area contributed by atoms with Gasteiger partial charge in [-0.1, -0.05) is 17.3 Å². The molecule has 1 aromatic heterocycles. The Balaban J connectivity index is 1.42. The van der Waals surface area contributed by atoms with Gasteiger partial charge in [-0.25, -0.2) is 9.18 Å². The molecule has 1 aromatic carbocycles. The van der Waals surface area contributed by atoms with Gasteiger partial charge in [0.25, 0.3) is 0 Å². The Bertz CT molecular complexity index is 780. The molecule has 2 heterocycles. The third-order valence-electron chi connectivity index (χ3n) is 3.91. The summed E-state index contributed by atoms with van der Waals surface area (Å²) in [5, 5.41) is 6.47. The molecule has 1 aliphatic heterocycles. The maximum atomic E-state index is 13.7. The minimum absolute atomic E-state index is 0.155. The molecule has 9 heteroatoms. The van der Waals surface area contributed by atoms with Gasteiger partial charge < -0.3 is 19.5 Å². The van der Waals surface area contributed by atoms with E-state index in [1.165, 1.54) is 6.07 Å². The first-order valence-corrected chi connectivity index (χ1v) is 8.39. The van der Waals surface area contributed by atoms with Crippen molar-refractivity contribution in [2.24, 2.45) is 0 Å². The van der Waals surface area contributed by atoms with Crippen LogP contribution in [0.25, 0.3) is 11.4 Å². The lowest BCUT2D eigenvalue weighted by Crippen LogP contribution is -2.42. The van der Waals surface area contributed by atoms with Crippen molar-refractivity contribution in [1.29, 1.82) is 0 Å². The number of benzene rings is 1. The zero-order valence-corrected chi connectivity index (χ0v) is 14.1. The lowest BCUT2D eigenvalue weighted by atomic mass is 10.2. The Labute approximate surface area is 149 Å². The lowest BCUT2D eigenvalue weighted by molar-refractivity contribution is -0.121. The van der Waals surface area contributed by atoms with Crippen LogP contribution in [0.15, 0.2) is 28.8 Å². The van der Waals surface area contributed by atoms with Crippen LogP contribution >= 0.6 is 0 Å². The van der Waals surface area contributed by atoms with E-state index >= 15 is 0 Å². The van der Waals surface area contributed by atoms with Gasteiger partial charge in [0.1, 0.15) is 5.82 Å². The summed E-state index contributed by atoms with van der Waals surface area (Å²) >= 11 is 0. The van der Waals surface area contributed by atoms with Gasteiger partial charge in [0.15, 0.2) is 0 Å². The molecular formula is C17H19FN4O4. The van der Waals surface area contributed by atoms with Crippen LogP contribution in [0.1, 0.15) is 18.7 Å². The number of nitrogens with one attached hydrogen (secondary N) is 1. The van der Waals surface area contributed by atoms with Gasteiger partial charge in [0, 0.05) is 32.5 Å². The molecule has 1 saturated heterocycles. The molecule has 8 nitrogen and oxygen atoms in total. The largest absolute Gasteiger partial charge is 0.449 e. The molecule has 3 rings (SSSR count). The standard InChI is InChI=1S/C17H19FN4O4/c18-13-5-2-1-4-12(13)16-20-15(26-21-16)7-6-14(23)19-8-10-22-9-3-11-25-17(22)24/h1-2,4-5H,3,6-11H2,(H,19,23). The number of hydrogen-bond donors (Lipinski definition) is 1. The molecule has 2 amide bonds. The van der Waals surface area contributed by atoms with Crippen LogP contribution in [0.4, 0.5) is 9.18 Å². The van der Waals surface area contributed by atoms with Crippen molar-refractivity contribution in [2.45, 2.75) is 19.3 Å². The molecule has 1 aliphatic rings. The number of halogens is 1. The van der Waals surface area contributed by atoms with Crippen molar-refractivity contribution in [3.8, 4) is 11.4 Å². The lowest BCUT2D eigenvalue weighted by Gasteiger charge is -2.26. The number of nitrogens with zero attached hydrogens (tertiary/aromatic N) is 3. The summed E-state index contributed by atoms with van der Waals surface area (Å²) in [6.07, 6.45) is 0.848. The first kappa shape index (κ1) is 17.8. The van der Waals surface area contributed by atoms with Crippen LogP contribution in [0.2, 0.25) is 0 Å². The zero-order chi connectivity index (χ0) is 18.4. The average Bonchev–Trinajstić information content (AvgIpc) is 3.11. The number of cyclic esters (lactones) is 1. The molecule has 2 aromatic rings. The summed E-state index contributed by atoms with van der Waals surface area (Å²) < 4.78 is 23.7. The van der Waals surface area contributed by atoms with E-state index in [9.17, 15) is 14.0 Å². The third-order valence-corrected chi connectivity index (χ3v) is 3.91. The average molecular weight is 362 g/mol. The SMILES string of the molecule is O=C(CCc1nc(-c2ccccc2F)no1)NCCN1CCCOC1=O. The Morgan fingerprint density at radius 3 is 3.00 bits per heavy atom. The molecule has 1 fully saturated rings. The highest BCUT2D eigenvalue weighted by Gasteiger charge is 2.19. The Morgan fingerprint density at radius 1 is 1.35 bits per heavy atom. The van der Waals surface area contributed by atoms with Crippen LogP contribution in [-0.2, 0) is 16.0 Å². The fourth-order valence-electron chi connectivity index (χ4n) is 2.55. The second-order valence-corrected chi connectivity index (χ2v) is 5.80. The molecule has 0 saturated carbocycles. The van der Waals surface area contributed by atoms with Crippen molar-refractivity contribution in [3.63, 3.8) is 0 Å². The highest BCUT2D eigenvalue weighted by atomic mass is 19.1. The van der Waals surface area contributed by atoms with Crippen LogP contribution in [0, 0.1) is 5.82 Å². The summed E-state index contributed by atoms with van der Waals surface area (Å²) in [6, 6.07) is 6.13. The predicted molar refractivity (Wildman–Crippen MR) is 88.6 cm³/mol. The Morgan fingerprint density at radius 2 is 2.19 bits per heavy atom. The highest BCUT2D eigenvalue weighted by molar-refractivity contribution is 5.76. The minimum atomic E-state index is -0.436. The summed E-state index contributed by atoms with van der Waals surface area (Å²) in [6.45, 7) is 1.83. The quantitative estimate of drug-likeness (QED) is 0.806. The van der Waals surface area contributed by atoms with E-state index < -0.39 is 5.82 Å². The fourth-order valence-corrected chi connectivity index (χ4v) is 2.55. The van der Waals surface area contributed by atoms with Gasteiger partial charge in [0.2, 0.25) is 17.6 Å². The second kappa shape index (κ2) is 8.41. The van der Waals surface area contributed by atoms with E-state index in [1.807, 2.05) is 0 Å². The van der Waals surface area contributed by atoms with E-state index in [0.29, 0.717) is 26.2 Å². The van der Waals surface area contributed by atoms with Crippen molar-refractivity contribution < 1.29 is 23.2 Å². The number of aryl methyl sites for hydroxylation is 1. The van der Waals surface area contributed by atoms with E-state index in [-0.39, 0.29) is 42.1 Å². The van der Waals surface area contributed by atoms with E-state index in [4.69, 9.17) is 9.26 Å². The molecule has 0 bridgehead atoms. The number of hydrogen-bond acceptors (Lipinski definition) is 6.